The van der Waals surface area contributed by atoms with Crippen molar-refractivity contribution in [1.29, 1.82) is 0 Å². The van der Waals surface area contributed by atoms with E-state index in [1.54, 1.807) is 26.6 Å². The average molecular weight is 576 g/mol. The third-order valence-corrected chi connectivity index (χ3v) is 6.74. The summed E-state index contributed by atoms with van der Waals surface area (Å²) in [6.07, 6.45) is 3.19. The maximum atomic E-state index is 10.3. The fraction of sp³-hybridized carbons (Fsp3) is 0.481. The first-order valence-electron chi connectivity index (χ1n) is 12.8. The first-order chi connectivity index (χ1) is 19.4. The van der Waals surface area contributed by atoms with Gasteiger partial charge in [-0.05, 0) is 43.9 Å². The van der Waals surface area contributed by atoms with Crippen molar-refractivity contribution in [3.8, 4) is 17.5 Å². The number of aliphatic hydroxyl groups is 2. The number of carboxylic acid groups (broad SMARTS) is 3. The summed E-state index contributed by atoms with van der Waals surface area (Å²) < 4.78 is 16.4. The summed E-state index contributed by atoms with van der Waals surface area (Å²) in [5.41, 5.74) is 1.05. The molecule has 0 radical (unpaired) electrons. The van der Waals surface area contributed by atoms with Crippen molar-refractivity contribution >= 4 is 23.6 Å². The lowest BCUT2D eigenvalue weighted by atomic mass is 9.74. The lowest BCUT2D eigenvalue weighted by Crippen LogP contribution is -2.42. The summed E-state index contributed by atoms with van der Waals surface area (Å²) in [4.78, 5) is 44.0. The Balaban J connectivity index is 0.000000302. The minimum absolute atomic E-state index is 0.121. The predicted octanol–water partition coefficient (Wildman–Crippen LogP) is 1.49. The number of carbonyl (C=O) groups is 3. The number of rotatable bonds is 10. The standard InChI is InChI=1S/C21H25N3O4.C6H8O7/c1-4-28-19-8-14-15-7-13(25)5-6-17(15)24-20(16(14)9-18(19)26-2)12-10-22-21(27-3)23-11-12;7-3(8)1-6(13,5(11)12)2-4(9)10/h8-11,13,15,17,25H,4-7H2,1-3H3;13H,1-2H2,(H,7,8)(H,9,10)(H,11,12)/t13-,15-,17-;/m1./s1. The molecule has 1 aromatic carbocycles. The zero-order valence-corrected chi connectivity index (χ0v) is 22.8. The van der Waals surface area contributed by atoms with E-state index in [-0.39, 0.29) is 18.1 Å². The zero-order chi connectivity index (χ0) is 30.3. The molecule has 41 heavy (non-hydrogen) atoms. The Bertz CT molecular complexity index is 1280. The molecule has 5 N–H and O–H groups in total. The lowest BCUT2D eigenvalue weighted by Gasteiger charge is -2.37. The highest BCUT2D eigenvalue weighted by atomic mass is 16.5. The van der Waals surface area contributed by atoms with Gasteiger partial charge in [-0.2, -0.15) is 0 Å². The number of fused-ring (bicyclic) bond motifs is 3. The first kappa shape index (κ1) is 31.2. The maximum absolute atomic E-state index is 10.3. The molecule has 1 aromatic heterocycles. The fourth-order valence-electron chi connectivity index (χ4n) is 4.86. The monoisotopic (exact) mass is 575 g/mol. The van der Waals surface area contributed by atoms with E-state index >= 15 is 0 Å². The van der Waals surface area contributed by atoms with Crippen molar-refractivity contribution in [2.45, 2.75) is 62.7 Å². The molecule has 1 fully saturated rings. The van der Waals surface area contributed by atoms with E-state index in [1.807, 2.05) is 19.1 Å². The molecule has 0 bridgehead atoms. The van der Waals surface area contributed by atoms with Crippen molar-refractivity contribution < 1.29 is 54.1 Å². The first-order valence-corrected chi connectivity index (χ1v) is 12.8. The molecule has 2 aromatic rings. The second kappa shape index (κ2) is 13.4. The number of hydrogen-bond donors (Lipinski definition) is 5. The van der Waals surface area contributed by atoms with Crippen molar-refractivity contribution in [2.75, 3.05) is 20.8 Å². The number of aliphatic hydroxyl groups excluding tert-OH is 1. The molecule has 1 saturated carbocycles. The predicted molar refractivity (Wildman–Crippen MR) is 142 cm³/mol. The van der Waals surface area contributed by atoms with Gasteiger partial charge in [0.1, 0.15) is 0 Å². The highest BCUT2D eigenvalue weighted by Gasteiger charge is 2.41. The maximum Gasteiger partial charge on any atom is 0.336 e. The van der Waals surface area contributed by atoms with Crippen LogP contribution in [0.5, 0.6) is 17.5 Å². The van der Waals surface area contributed by atoms with E-state index in [1.165, 1.54) is 0 Å². The normalized spacial score (nSPS) is 19.3. The third-order valence-electron chi connectivity index (χ3n) is 6.74. The third kappa shape index (κ3) is 7.46. The minimum Gasteiger partial charge on any atom is -0.493 e. The van der Waals surface area contributed by atoms with Crippen LogP contribution in [0.15, 0.2) is 29.5 Å². The second-order valence-corrected chi connectivity index (χ2v) is 9.58. The van der Waals surface area contributed by atoms with E-state index in [0.29, 0.717) is 24.8 Å². The molecule has 2 aliphatic rings. The number of aliphatic carboxylic acids is 3. The van der Waals surface area contributed by atoms with Crippen LogP contribution >= 0.6 is 0 Å². The number of benzene rings is 1. The van der Waals surface area contributed by atoms with Crippen molar-refractivity contribution in [3.05, 3.63) is 41.2 Å². The quantitative estimate of drug-likeness (QED) is 0.271. The van der Waals surface area contributed by atoms with Crippen molar-refractivity contribution in [2.24, 2.45) is 4.99 Å². The van der Waals surface area contributed by atoms with Gasteiger partial charge >= 0.3 is 23.9 Å². The van der Waals surface area contributed by atoms with Gasteiger partial charge in [-0.1, -0.05) is 0 Å². The molecule has 1 aliphatic heterocycles. The van der Waals surface area contributed by atoms with Gasteiger partial charge in [0, 0.05) is 29.4 Å². The summed E-state index contributed by atoms with van der Waals surface area (Å²) in [6, 6.07) is 4.46. The molecule has 0 spiro atoms. The Morgan fingerprint density at radius 1 is 0.976 bits per heavy atom. The molecule has 222 valence electrons. The fourth-order valence-corrected chi connectivity index (χ4v) is 4.86. The van der Waals surface area contributed by atoms with E-state index in [9.17, 15) is 19.5 Å². The van der Waals surface area contributed by atoms with Crippen molar-refractivity contribution in [1.82, 2.24) is 9.97 Å². The number of carboxylic acids is 3. The van der Waals surface area contributed by atoms with Crippen LogP contribution in [0.25, 0.3) is 0 Å². The average Bonchev–Trinajstić information content (AvgIpc) is 2.92. The Morgan fingerprint density at radius 2 is 1.61 bits per heavy atom. The summed E-state index contributed by atoms with van der Waals surface area (Å²) in [5, 5.41) is 44.1. The van der Waals surface area contributed by atoms with Gasteiger partial charge in [-0.25, -0.2) is 14.8 Å². The molecule has 4 rings (SSSR count). The molecule has 0 amide bonds. The lowest BCUT2D eigenvalue weighted by molar-refractivity contribution is -0.170. The van der Waals surface area contributed by atoms with E-state index in [0.717, 1.165) is 41.0 Å². The molecule has 14 heteroatoms. The molecule has 1 aliphatic carbocycles. The number of methoxy groups -OCH3 is 2. The van der Waals surface area contributed by atoms with Gasteiger partial charge in [-0.15, -0.1) is 0 Å². The van der Waals surface area contributed by atoms with Crippen LogP contribution in [0.1, 0.15) is 61.6 Å². The largest absolute Gasteiger partial charge is 0.493 e. The van der Waals surface area contributed by atoms with Gasteiger partial charge < -0.3 is 39.7 Å². The van der Waals surface area contributed by atoms with E-state index in [2.05, 4.69) is 9.97 Å². The van der Waals surface area contributed by atoms with Gasteiger partial charge in [0.2, 0.25) is 0 Å². The zero-order valence-electron chi connectivity index (χ0n) is 22.8. The smallest absolute Gasteiger partial charge is 0.336 e. The van der Waals surface area contributed by atoms with E-state index in [4.69, 9.17) is 39.6 Å². The van der Waals surface area contributed by atoms with Crippen LogP contribution in [0.4, 0.5) is 0 Å². The number of aliphatic imine (C=N–C) groups is 1. The summed E-state index contributed by atoms with van der Waals surface area (Å²) in [5.74, 6) is -3.48. The van der Waals surface area contributed by atoms with E-state index < -0.39 is 36.4 Å². The van der Waals surface area contributed by atoms with Gasteiger partial charge in [0.05, 0.1) is 51.5 Å². The molecule has 2 heterocycles. The van der Waals surface area contributed by atoms with Crippen LogP contribution in [-0.4, -0.2) is 97.7 Å². The molecule has 14 nitrogen and oxygen atoms in total. The topological polar surface area (TPSA) is 218 Å². The SMILES string of the molecule is CCOc1cc2c(cc1OC)C(c1cnc(OC)nc1)=N[C@@H]1CC[C@@H](O)C[C@H]21.O=C(O)CC(O)(CC(=O)O)C(=O)O. The number of aromatic nitrogens is 2. The van der Waals surface area contributed by atoms with Crippen LogP contribution in [-0.2, 0) is 14.4 Å². The number of nitrogens with zero attached hydrogens (tertiary/aromatic N) is 3. The van der Waals surface area contributed by atoms with Crippen molar-refractivity contribution in [3.63, 3.8) is 0 Å². The summed E-state index contributed by atoms with van der Waals surface area (Å²) in [7, 11) is 3.17. The Labute approximate surface area is 235 Å². The Morgan fingerprint density at radius 3 is 2.12 bits per heavy atom. The summed E-state index contributed by atoms with van der Waals surface area (Å²) in [6.45, 7) is 2.51. The number of hydrogen-bond acceptors (Lipinski definition) is 11. The Hall–Kier alpha value is -4.30. The van der Waals surface area contributed by atoms with Crippen LogP contribution in [0.2, 0.25) is 0 Å². The molecule has 3 atom stereocenters. The molecular formula is C27H33N3O11. The van der Waals surface area contributed by atoms with Gasteiger partial charge in [0.25, 0.3) is 0 Å². The molecule has 0 unspecified atom stereocenters. The minimum atomic E-state index is -2.74. The number of ether oxygens (including phenoxy) is 3. The van der Waals surface area contributed by atoms with Crippen LogP contribution in [0.3, 0.4) is 0 Å². The summed E-state index contributed by atoms with van der Waals surface area (Å²) >= 11 is 0. The highest BCUT2D eigenvalue weighted by Crippen LogP contribution is 2.44. The van der Waals surface area contributed by atoms with Crippen LogP contribution in [0, 0.1) is 0 Å². The molecule has 0 saturated heterocycles. The highest BCUT2D eigenvalue weighted by molar-refractivity contribution is 6.14. The van der Waals surface area contributed by atoms with Gasteiger partial charge in [0.15, 0.2) is 17.1 Å². The Kier molecular flexibility index (Phi) is 10.2. The second-order valence-electron chi connectivity index (χ2n) is 9.58. The van der Waals surface area contributed by atoms with Crippen LogP contribution < -0.4 is 14.2 Å². The van der Waals surface area contributed by atoms with Gasteiger partial charge in [-0.3, -0.25) is 14.6 Å². The molecular weight excluding hydrogens is 542 g/mol.